The van der Waals surface area contributed by atoms with Crippen LogP contribution >= 0.6 is 15.9 Å². The first-order valence-electron chi connectivity index (χ1n) is 5.37. The molecule has 0 spiro atoms. The van der Waals surface area contributed by atoms with E-state index in [1.807, 2.05) is 12.1 Å². The van der Waals surface area contributed by atoms with Crippen molar-refractivity contribution in [1.82, 2.24) is 15.1 Å². The van der Waals surface area contributed by atoms with Crippen LogP contribution in [0.2, 0.25) is 0 Å². The maximum absolute atomic E-state index is 5.30. The normalized spacial score (nSPS) is 19.7. The van der Waals surface area contributed by atoms with E-state index in [0.29, 0.717) is 24.0 Å². The lowest BCUT2D eigenvalue weighted by atomic mass is 10.1. The van der Waals surface area contributed by atoms with Gasteiger partial charge in [-0.1, -0.05) is 5.16 Å². The predicted molar refractivity (Wildman–Crippen MR) is 63.4 cm³/mol. The average Bonchev–Trinajstić information content (AvgIpc) is 3.00. The van der Waals surface area contributed by atoms with Gasteiger partial charge < -0.3 is 9.26 Å². The average molecular weight is 296 g/mol. The van der Waals surface area contributed by atoms with Gasteiger partial charge in [-0.2, -0.15) is 4.98 Å². The summed E-state index contributed by atoms with van der Waals surface area (Å²) in [6.07, 6.45) is 2.64. The Hall–Kier alpha value is -1.27. The SMILES string of the molecule is Brc1cccnc1-c1nc([C@@H]2CCOC2)no1. The fourth-order valence-corrected chi connectivity index (χ4v) is 2.20. The number of pyridine rings is 1. The first-order chi connectivity index (χ1) is 8.34. The summed E-state index contributed by atoms with van der Waals surface area (Å²) in [7, 11) is 0. The van der Waals surface area contributed by atoms with E-state index in [1.165, 1.54) is 0 Å². The van der Waals surface area contributed by atoms with Crippen LogP contribution in [0.3, 0.4) is 0 Å². The number of hydrogen-bond acceptors (Lipinski definition) is 5. The lowest BCUT2D eigenvalue weighted by Crippen LogP contribution is -1.99. The molecule has 1 atom stereocenters. The van der Waals surface area contributed by atoms with Crippen molar-refractivity contribution in [3.8, 4) is 11.6 Å². The largest absolute Gasteiger partial charge is 0.381 e. The van der Waals surface area contributed by atoms with Gasteiger partial charge in [-0.3, -0.25) is 0 Å². The Morgan fingerprint density at radius 1 is 1.41 bits per heavy atom. The van der Waals surface area contributed by atoms with Crippen molar-refractivity contribution in [3.05, 3.63) is 28.6 Å². The van der Waals surface area contributed by atoms with Crippen LogP contribution < -0.4 is 0 Å². The topological polar surface area (TPSA) is 61.0 Å². The molecular weight excluding hydrogens is 286 g/mol. The van der Waals surface area contributed by atoms with Gasteiger partial charge in [0.15, 0.2) is 5.82 Å². The molecule has 0 radical (unpaired) electrons. The molecule has 0 aromatic carbocycles. The summed E-state index contributed by atoms with van der Waals surface area (Å²) in [5.74, 6) is 1.39. The summed E-state index contributed by atoms with van der Waals surface area (Å²) in [4.78, 5) is 8.59. The van der Waals surface area contributed by atoms with Crippen LogP contribution in [0.15, 0.2) is 27.3 Å². The molecule has 6 heteroatoms. The zero-order valence-electron chi connectivity index (χ0n) is 8.97. The van der Waals surface area contributed by atoms with E-state index in [9.17, 15) is 0 Å². The highest BCUT2D eigenvalue weighted by Gasteiger charge is 2.24. The molecular formula is C11H10BrN3O2. The van der Waals surface area contributed by atoms with Crippen molar-refractivity contribution in [2.45, 2.75) is 12.3 Å². The summed E-state index contributed by atoms with van der Waals surface area (Å²) in [6.45, 7) is 1.43. The van der Waals surface area contributed by atoms with Crippen molar-refractivity contribution in [2.75, 3.05) is 13.2 Å². The van der Waals surface area contributed by atoms with Crippen LogP contribution in [-0.2, 0) is 4.74 Å². The Labute approximate surface area is 106 Å². The van der Waals surface area contributed by atoms with Crippen molar-refractivity contribution in [1.29, 1.82) is 0 Å². The summed E-state index contributed by atoms with van der Waals surface area (Å²) >= 11 is 3.41. The molecule has 3 heterocycles. The molecule has 1 aliphatic rings. The van der Waals surface area contributed by atoms with Gasteiger partial charge in [0.05, 0.1) is 6.61 Å². The molecule has 2 aromatic rings. The monoisotopic (exact) mass is 295 g/mol. The van der Waals surface area contributed by atoms with E-state index in [1.54, 1.807) is 6.20 Å². The molecule has 1 saturated heterocycles. The van der Waals surface area contributed by atoms with Crippen LogP contribution in [0, 0.1) is 0 Å². The maximum Gasteiger partial charge on any atom is 0.277 e. The second-order valence-corrected chi connectivity index (χ2v) is 4.71. The zero-order chi connectivity index (χ0) is 11.7. The van der Waals surface area contributed by atoms with Crippen molar-refractivity contribution < 1.29 is 9.26 Å². The Balaban J connectivity index is 1.92. The molecule has 2 aromatic heterocycles. The molecule has 1 fully saturated rings. The number of halogens is 1. The van der Waals surface area contributed by atoms with E-state index < -0.39 is 0 Å². The highest BCUT2D eigenvalue weighted by Crippen LogP contribution is 2.27. The number of ether oxygens (including phenoxy) is 1. The summed E-state index contributed by atoms with van der Waals surface area (Å²) in [5.41, 5.74) is 0.671. The van der Waals surface area contributed by atoms with Crippen LogP contribution in [-0.4, -0.2) is 28.3 Å². The minimum Gasteiger partial charge on any atom is -0.381 e. The fourth-order valence-electron chi connectivity index (χ4n) is 1.78. The Bertz CT molecular complexity index is 523. The third kappa shape index (κ3) is 2.10. The second kappa shape index (κ2) is 4.54. The minimum absolute atomic E-state index is 0.245. The molecule has 88 valence electrons. The van der Waals surface area contributed by atoms with Gasteiger partial charge in [-0.15, -0.1) is 0 Å². The van der Waals surface area contributed by atoms with E-state index in [-0.39, 0.29) is 5.92 Å². The molecule has 17 heavy (non-hydrogen) atoms. The van der Waals surface area contributed by atoms with Gasteiger partial charge in [0.25, 0.3) is 5.89 Å². The third-order valence-corrected chi connectivity index (χ3v) is 3.34. The van der Waals surface area contributed by atoms with Crippen molar-refractivity contribution in [3.63, 3.8) is 0 Å². The van der Waals surface area contributed by atoms with E-state index in [2.05, 4.69) is 31.1 Å². The lowest BCUT2D eigenvalue weighted by molar-refractivity contribution is 0.192. The molecule has 0 N–H and O–H groups in total. The van der Waals surface area contributed by atoms with Gasteiger partial charge in [-0.25, -0.2) is 4.98 Å². The number of hydrogen-bond donors (Lipinski definition) is 0. The van der Waals surface area contributed by atoms with Crippen LogP contribution in [0.4, 0.5) is 0 Å². The third-order valence-electron chi connectivity index (χ3n) is 2.70. The van der Waals surface area contributed by atoms with E-state index in [0.717, 1.165) is 17.5 Å². The first kappa shape index (κ1) is 10.9. The molecule has 3 rings (SSSR count). The lowest BCUT2D eigenvalue weighted by Gasteiger charge is -1.98. The second-order valence-electron chi connectivity index (χ2n) is 3.85. The van der Waals surface area contributed by atoms with Gasteiger partial charge in [0.2, 0.25) is 0 Å². The van der Waals surface area contributed by atoms with Crippen LogP contribution in [0.1, 0.15) is 18.2 Å². The Morgan fingerprint density at radius 2 is 2.35 bits per heavy atom. The maximum atomic E-state index is 5.30. The van der Waals surface area contributed by atoms with Crippen LogP contribution in [0.5, 0.6) is 0 Å². The molecule has 1 aliphatic heterocycles. The van der Waals surface area contributed by atoms with Gasteiger partial charge in [0, 0.05) is 23.2 Å². The van der Waals surface area contributed by atoms with E-state index >= 15 is 0 Å². The van der Waals surface area contributed by atoms with E-state index in [4.69, 9.17) is 9.26 Å². The minimum atomic E-state index is 0.245. The summed E-state index contributed by atoms with van der Waals surface area (Å²) in [5, 5.41) is 3.99. The van der Waals surface area contributed by atoms with Gasteiger partial charge in [0.1, 0.15) is 5.69 Å². The molecule has 0 bridgehead atoms. The van der Waals surface area contributed by atoms with Gasteiger partial charge >= 0.3 is 0 Å². The number of rotatable bonds is 2. The number of nitrogens with zero attached hydrogens (tertiary/aromatic N) is 3. The molecule has 0 saturated carbocycles. The standard InChI is InChI=1S/C11H10BrN3O2/c12-8-2-1-4-13-9(8)11-14-10(15-17-11)7-3-5-16-6-7/h1-2,4,7H,3,5-6H2/t7-/m1/s1. The summed E-state index contributed by atoms with van der Waals surface area (Å²) in [6, 6.07) is 3.74. The van der Waals surface area contributed by atoms with Crippen LogP contribution in [0.25, 0.3) is 11.6 Å². The Morgan fingerprint density at radius 3 is 3.12 bits per heavy atom. The highest BCUT2D eigenvalue weighted by atomic mass is 79.9. The molecule has 0 amide bonds. The highest BCUT2D eigenvalue weighted by molar-refractivity contribution is 9.10. The molecule has 5 nitrogen and oxygen atoms in total. The molecule has 0 aliphatic carbocycles. The smallest absolute Gasteiger partial charge is 0.277 e. The molecule has 0 unspecified atom stereocenters. The quantitative estimate of drug-likeness (QED) is 0.851. The van der Waals surface area contributed by atoms with Crippen molar-refractivity contribution >= 4 is 15.9 Å². The predicted octanol–water partition coefficient (Wildman–Crippen LogP) is 2.40. The summed E-state index contributed by atoms with van der Waals surface area (Å²) < 4.78 is 11.4. The van der Waals surface area contributed by atoms with Crippen molar-refractivity contribution in [2.24, 2.45) is 0 Å². The van der Waals surface area contributed by atoms with Gasteiger partial charge in [-0.05, 0) is 34.5 Å². The zero-order valence-corrected chi connectivity index (χ0v) is 10.6. The fraction of sp³-hybridized carbons (Fsp3) is 0.364. The first-order valence-corrected chi connectivity index (χ1v) is 6.16. The Kier molecular flexibility index (Phi) is 2.90. The number of aromatic nitrogens is 3.